The summed E-state index contributed by atoms with van der Waals surface area (Å²) in [6.07, 6.45) is 2.63. The smallest absolute Gasteiger partial charge is 0.0158 e. The van der Waals surface area contributed by atoms with Crippen LogP contribution in [0.4, 0.5) is 0 Å². The summed E-state index contributed by atoms with van der Waals surface area (Å²) < 4.78 is 0. The summed E-state index contributed by atoms with van der Waals surface area (Å²) in [6, 6.07) is 1.52. The Bertz CT molecular complexity index is 144. The predicted molar refractivity (Wildman–Crippen MR) is 66.1 cm³/mol. The van der Waals surface area contributed by atoms with E-state index in [1.54, 1.807) is 0 Å². The fourth-order valence-corrected chi connectivity index (χ4v) is 2.81. The van der Waals surface area contributed by atoms with Crippen LogP contribution in [0.2, 0.25) is 0 Å². The minimum atomic E-state index is 0.761. The van der Waals surface area contributed by atoms with Crippen LogP contribution in [0.15, 0.2) is 0 Å². The van der Waals surface area contributed by atoms with Crippen molar-refractivity contribution in [2.24, 2.45) is 0 Å². The highest BCUT2D eigenvalue weighted by molar-refractivity contribution is 7.99. The highest BCUT2D eigenvalue weighted by atomic mass is 32.2. The number of nitrogens with zero attached hydrogens (tertiary/aromatic N) is 1. The van der Waals surface area contributed by atoms with Gasteiger partial charge in [-0.05, 0) is 45.7 Å². The molecule has 1 heterocycles. The lowest BCUT2D eigenvalue weighted by molar-refractivity contribution is 0.166. The molecule has 1 unspecified atom stereocenters. The molecule has 14 heavy (non-hydrogen) atoms. The van der Waals surface area contributed by atoms with Crippen molar-refractivity contribution in [3.8, 4) is 0 Å². The van der Waals surface area contributed by atoms with Crippen LogP contribution >= 0.6 is 11.8 Å². The Morgan fingerprint density at radius 1 is 1.43 bits per heavy atom. The van der Waals surface area contributed by atoms with Crippen molar-refractivity contribution in [3.05, 3.63) is 0 Å². The summed E-state index contributed by atoms with van der Waals surface area (Å²) >= 11 is 2.06. The monoisotopic (exact) mass is 216 g/mol. The van der Waals surface area contributed by atoms with Gasteiger partial charge in [0.05, 0.1) is 0 Å². The zero-order chi connectivity index (χ0) is 10.4. The first-order valence-corrected chi connectivity index (χ1v) is 6.92. The van der Waals surface area contributed by atoms with E-state index in [9.17, 15) is 0 Å². The molecule has 0 saturated carbocycles. The highest BCUT2D eigenvalue weighted by Gasteiger charge is 2.21. The molecule has 1 N–H and O–H groups in total. The van der Waals surface area contributed by atoms with E-state index in [2.05, 4.69) is 42.9 Å². The van der Waals surface area contributed by atoms with Crippen molar-refractivity contribution < 1.29 is 0 Å². The third kappa shape index (κ3) is 3.79. The maximum atomic E-state index is 3.37. The van der Waals surface area contributed by atoms with Gasteiger partial charge in [-0.15, -0.1) is 0 Å². The molecule has 1 saturated heterocycles. The topological polar surface area (TPSA) is 15.3 Å². The quantitative estimate of drug-likeness (QED) is 0.754. The lowest BCUT2D eigenvalue weighted by atomic mass is 10.0. The van der Waals surface area contributed by atoms with E-state index in [0.717, 1.165) is 12.1 Å². The van der Waals surface area contributed by atoms with Gasteiger partial charge < -0.3 is 5.32 Å². The van der Waals surface area contributed by atoms with E-state index in [1.807, 2.05) is 0 Å². The molecule has 0 spiro atoms. The third-order valence-corrected chi connectivity index (χ3v) is 4.25. The summed E-state index contributed by atoms with van der Waals surface area (Å²) in [6.45, 7) is 7.15. The fourth-order valence-electron chi connectivity index (χ4n) is 2.02. The van der Waals surface area contributed by atoms with Gasteiger partial charge in [0.15, 0.2) is 0 Å². The van der Waals surface area contributed by atoms with E-state index in [4.69, 9.17) is 0 Å². The molecule has 0 radical (unpaired) electrons. The molecule has 1 aliphatic rings. The third-order valence-electron chi connectivity index (χ3n) is 3.12. The van der Waals surface area contributed by atoms with Gasteiger partial charge in [-0.1, -0.05) is 6.92 Å². The molecule has 0 amide bonds. The van der Waals surface area contributed by atoms with Crippen LogP contribution < -0.4 is 5.32 Å². The van der Waals surface area contributed by atoms with Crippen molar-refractivity contribution >= 4 is 11.8 Å². The first kappa shape index (κ1) is 12.3. The van der Waals surface area contributed by atoms with Crippen LogP contribution in [-0.4, -0.2) is 48.6 Å². The first-order valence-electron chi connectivity index (χ1n) is 5.77. The second-order valence-corrected chi connectivity index (χ2v) is 5.43. The van der Waals surface area contributed by atoms with E-state index in [0.29, 0.717) is 0 Å². The highest BCUT2D eigenvalue weighted by Crippen LogP contribution is 2.15. The Kier molecular flexibility index (Phi) is 5.90. The average molecular weight is 216 g/mol. The van der Waals surface area contributed by atoms with Gasteiger partial charge in [-0.2, -0.15) is 11.8 Å². The number of hydrogen-bond donors (Lipinski definition) is 1. The van der Waals surface area contributed by atoms with Crippen LogP contribution in [0.5, 0.6) is 0 Å². The summed E-state index contributed by atoms with van der Waals surface area (Å²) in [5.74, 6) is 2.54. The fraction of sp³-hybridized carbons (Fsp3) is 1.00. The Morgan fingerprint density at radius 2 is 2.07 bits per heavy atom. The number of likely N-dealkylation sites (tertiary alicyclic amines) is 1. The molecule has 1 rings (SSSR count). The van der Waals surface area contributed by atoms with Crippen LogP contribution in [0.1, 0.15) is 26.7 Å². The number of rotatable bonds is 5. The maximum absolute atomic E-state index is 3.37. The van der Waals surface area contributed by atoms with E-state index in [-0.39, 0.29) is 0 Å². The van der Waals surface area contributed by atoms with Crippen molar-refractivity contribution in [1.29, 1.82) is 0 Å². The number of nitrogens with one attached hydrogen (secondary N) is 1. The number of thioether (sulfide) groups is 1. The molecule has 0 bridgehead atoms. The van der Waals surface area contributed by atoms with Crippen LogP contribution in [-0.2, 0) is 0 Å². The molecule has 0 aromatic carbocycles. The molecule has 84 valence electrons. The first-order chi connectivity index (χ1) is 6.77. The largest absolute Gasteiger partial charge is 0.317 e. The Hall–Kier alpha value is 0.270. The second-order valence-electron chi connectivity index (χ2n) is 4.11. The van der Waals surface area contributed by atoms with Gasteiger partial charge in [0, 0.05) is 17.8 Å². The molecular weight excluding hydrogens is 192 g/mol. The minimum absolute atomic E-state index is 0.761. The van der Waals surface area contributed by atoms with Crippen molar-refractivity contribution in [3.63, 3.8) is 0 Å². The molecule has 0 aromatic rings. The van der Waals surface area contributed by atoms with Crippen LogP contribution in [0.25, 0.3) is 0 Å². The lowest BCUT2D eigenvalue weighted by Gasteiger charge is -2.35. The summed E-state index contributed by atoms with van der Waals surface area (Å²) in [7, 11) is 2.08. The normalized spacial score (nSPS) is 22.5. The van der Waals surface area contributed by atoms with Gasteiger partial charge in [0.1, 0.15) is 0 Å². The van der Waals surface area contributed by atoms with Gasteiger partial charge >= 0.3 is 0 Å². The molecule has 2 nitrogen and oxygen atoms in total. The second kappa shape index (κ2) is 6.70. The number of hydrogen-bond acceptors (Lipinski definition) is 3. The summed E-state index contributed by atoms with van der Waals surface area (Å²) in [4.78, 5) is 2.64. The van der Waals surface area contributed by atoms with E-state index < -0.39 is 0 Å². The van der Waals surface area contributed by atoms with E-state index >= 15 is 0 Å². The van der Waals surface area contributed by atoms with Crippen molar-refractivity contribution in [2.75, 3.05) is 31.6 Å². The Labute approximate surface area is 92.8 Å². The van der Waals surface area contributed by atoms with Crippen LogP contribution in [0.3, 0.4) is 0 Å². The predicted octanol–water partition coefficient (Wildman–Crippen LogP) is 1.81. The number of piperidine rings is 1. The Balaban J connectivity index is 2.19. The van der Waals surface area contributed by atoms with Gasteiger partial charge in [-0.3, -0.25) is 4.90 Å². The standard InChI is InChI=1S/C11H24N2S/c1-4-14-9-10(2)13-7-5-11(12-3)6-8-13/h10-12H,4-9H2,1-3H3. The molecule has 1 aliphatic heterocycles. The summed E-state index contributed by atoms with van der Waals surface area (Å²) in [5.41, 5.74) is 0. The molecule has 0 aliphatic carbocycles. The Morgan fingerprint density at radius 3 is 2.57 bits per heavy atom. The molecule has 0 aromatic heterocycles. The summed E-state index contributed by atoms with van der Waals surface area (Å²) in [5, 5.41) is 3.37. The molecule has 1 atom stereocenters. The van der Waals surface area contributed by atoms with Crippen LogP contribution in [0, 0.1) is 0 Å². The van der Waals surface area contributed by atoms with Gasteiger partial charge in [0.2, 0.25) is 0 Å². The van der Waals surface area contributed by atoms with E-state index in [1.165, 1.54) is 37.4 Å². The zero-order valence-electron chi connectivity index (χ0n) is 9.75. The van der Waals surface area contributed by atoms with Crippen molar-refractivity contribution in [1.82, 2.24) is 10.2 Å². The maximum Gasteiger partial charge on any atom is 0.0158 e. The lowest BCUT2D eigenvalue weighted by Crippen LogP contribution is -2.45. The minimum Gasteiger partial charge on any atom is -0.317 e. The van der Waals surface area contributed by atoms with Crippen molar-refractivity contribution in [2.45, 2.75) is 38.8 Å². The zero-order valence-corrected chi connectivity index (χ0v) is 10.6. The SMILES string of the molecule is CCSCC(C)N1CCC(NC)CC1. The molecular formula is C11H24N2S. The average Bonchev–Trinajstić information content (AvgIpc) is 2.26. The molecule has 1 fully saturated rings. The van der Waals surface area contributed by atoms with Gasteiger partial charge in [0.25, 0.3) is 0 Å². The molecule has 3 heteroatoms. The van der Waals surface area contributed by atoms with Gasteiger partial charge in [-0.25, -0.2) is 0 Å².